The molecule has 0 spiro atoms. The Labute approximate surface area is 180 Å². The number of hydrogen-bond donors (Lipinski definition) is 2. The van der Waals surface area contributed by atoms with Crippen LogP contribution in [0.25, 0.3) is 11.4 Å². The second kappa shape index (κ2) is 10.5. The van der Waals surface area contributed by atoms with Crippen molar-refractivity contribution in [2.24, 2.45) is 0 Å². The van der Waals surface area contributed by atoms with Gasteiger partial charge >= 0.3 is 11.9 Å². The largest absolute Gasteiger partial charge is 0.497 e. The lowest BCUT2D eigenvalue weighted by Crippen LogP contribution is -2.62. The molecule has 0 aliphatic heterocycles. The summed E-state index contributed by atoms with van der Waals surface area (Å²) in [4.78, 5) is 44.8. The number of benzene rings is 1. The van der Waals surface area contributed by atoms with Gasteiger partial charge in [-0.15, -0.1) is 0 Å². The Balaban J connectivity index is 2.49. The molecule has 0 unspecified atom stereocenters. The van der Waals surface area contributed by atoms with Gasteiger partial charge in [-0.25, -0.2) is 14.6 Å². The van der Waals surface area contributed by atoms with Crippen molar-refractivity contribution < 1.29 is 33.3 Å². The molecule has 0 aliphatic rings. The number of amides is 1. The van der Waals surface area contributed by atoms with Gasteiger partial charge in [-0.2, -0.15) is 0 Å². The lowest BCUT2D eigenvalue weighted by molar-refractivity contribution is -0.168. The van der Waals surface area contributed by atoms with Gasteiger partial charge in [0, 0.05) is 25.2 Å². The molecule has 2 N–H and O–H groups in total. The van der Waals surface area contributed by atoms with Crippen LogP contribution in [-0.4, -0.2) is 60.8 Å². The van der Waals surface area contributed by atoms with E-state index < -0.39 is 23.4 Å². The third kappa shape index (κ3) is 5.33. The maximum Gasteiger partial charge on any atom is 0.344 e. The van der Waals surface area contributed by atoms with E-state index in [-0.39, 0.29) is 19.6 Å². The van der Waals surface area contributed by atoms with Crippen LogP contribution in [0.1, 0.15) is 26.5 Å². The Morgan fingerprint density at radius 2 is 1.71 bits per heavy atom. The summed E-state index contributed by atoms with van der Waals surface area (Å²) in [7, 11) is 3.07. The maximum atomic E-state index is 12.8. The molecule has 1 aromatic heterocycles. The predicted molar refractivity (Wildman–Crippen MR) is 111 cm³/mol. The Kier molecular flexibility index (Phi) is 8.00. The zero-order valence-corrected chi connectivity index (χ0v) is 18.2. The third-order valence-electron chi connectivity index (χ3n) is 4.38. The van der Waals surface area contributed by atoms with Crippen molar-refractivity contribution in [3.8, 4) is 22.9 Å². The highest BCUT2D eigenvalue weighted by Gasteiger charge is 2.50. The van der Waals surface area contributed by atoms with E-state index in [1.165, 1.54) is 20.2 Å². The van der Waals surface area contributed by atoms with Crippen molar-refractivity contribution in [2.75, 3.05) is 27.4 Å². The van der Waals surface area contributed by atoms with E-state index in [2.05, 4.69) is 15.3 Å². The second-order valence-corrected chi connectivity index (χ2v) is 6.53. The van der Waals surface area contributed by atoms with Crippen LogP contribution < -0.4 is 14.8 Å². The normalized spacial score (nSPS) is 10.9. The monoisotopic (exact) mass is 433 g/mol. The number of nitrogens with zero attached hydrogens (tertiary/aromatic N) is 1. The van der Waals surface area contributed by atoms with Gasteiger partial charge in [0.1, 0.15) is 17.3 Å². The van der Waals surface area contributed by atoms with Crippen LogP contribution in [-0.2, 0) is 30.3 Å². The van der Waals surface area contributed by atoms with Crippen molar-refractivity contribution in [1.29, 1.82) is 0 Å². The summed E-state index contributed by atoms with van der Waals surface area (Å²) in [6, 6.07) is 5.21. The number of aromatic amines is 1. The first kappa shape index (κ1) is 23.7. The first-order valence-corrected chi connectivity index (χ1v) is 9.70. The van der Waals surface area contributed by atoms with Crippen LogP contribution in [0.5, 0.6) is 11.5 Å². The van der Waals surface area contributed by atoms with Gasteiger partial charge in [-0.05, 0) is 32.0 Å². The lowest BCUT2D eigenvalue weighted by atomic mass is 9.93. The topological polar surface area (TPSA) is 129 Å². The Hall–Kier alpha value is -3.56. The van der Waals surface area contributed by atoms with Crippen molar-refractivity contribution in [3.05, 3.63) is 30.1 Å². The van der Waals surface area contributed by atoms with Crippen molar-refractivity contribution in [1.82, 2.24) is 15.3 Å². The summed E-state index contributed by atoms with van der Waals surface area (Å²) in [5.74, 6) is -0.854. The summed E-state index contributed by atoms with van der Waals surface area (Å²) in [6.07, 6.45) is 1.22. The highest BCUT2D eigenvalue weighted by molar-refractivity contribution is 6.08. The number of hydrogen-bond acceptors (Lipinski definition) is 8. The zero-order chi connectivity index (χ0) is 23.0. The van der Waals surface area contributed by atoms with E-state index in [9.17, 15) is 14.4 Å². The van der Waals surface area contributed by atoms with Gasteiger partial charge in [0.15, 0.2) is 0 Å². The summed E-state index contributed by atoms with van der Waals surface area (Å²) in [5, 5.41) is 2.42. The fourth-order valence-corrected chi connectivity index (χ4v) is 3.05. The van der Waals surface area contributed by atoms with Gasteiger partial charge in [0.2, 0.25) is 11.4 Å². The van der Waals surface area contributed by atoms with Gasteiger partial charge < -0.3 is 29.2 Å². The molecule has 0 aliphatic carbocycles. The number of ether oxygens (including phenoxy) is 4. The highest BCUT2D eigenvalue weighted by Crippen LogP contribution is 2.32. The van der Waals surface area contributed by atoms with Crippen LogP contribution >= 0.6 is 0 Å². The third-order valence-corrected chi connectivity index (χ3v) is 4.38. The molecule has 10 heteroatoms. The van der Waals surface area contributed by atoms with E-state index in [1.807, 2.05) is 0 Å². The first-order valence-electron chi connectivity index (χ1n) is 9.70. The van der Waals surface area contributed by atoms with Crippen molar-refractivity contribution in [2.45, 2.75) is 32.7 Å². The van der Waals surface area contributed by atoms with Crippen molar-refractivity contribution in [3.63, 3.8) is 0 Å². The number of carbonyl (C=O) groups is 3. The average Bonchev–Trinajstić information content (AvgIpc) is 3.20. The number of imidazole rings is 1. The van der Waals surface area contributed by atoms with E-state index in [1.54, 1.807) is 39.2 Å². The fraction of sp³-hybridized carbons (Fsp3) is 0.429. The number of methoxy groups -OCH3 is 2. The maximum absolute atomic E-state index is 12.8. The molecule has 168 valence electrons. The smallest absolute Gasteiger partial charge is 0.344 e. The molecule has 0 atom stereocenters. The molecule has 1 heterocycles. The molecule has 0 saturated carbocycles. The molecular formula is C21H27N3O7. The molecular weight excluding hydrogens is 406 g/mol. The SMILES string of the molecule is CCOC(=O)C(Cc1cnc(-c2cc(OC)ccc2OC)[nH]1)(NC(C)=O)C(=O)OCC. The molecule has 2 aromatic rings. The van der Waals surface area contributed by atoms with Crippen molar-refractivity contribution >= 4 is 17.8 Å². The quantitative estimate of drug-likeness (QED) is 0.427. The molecule has 2 rings (SSSR count). The number of rotatable bonds is 10. The first-order chi connectivity index (χ1) is 14.8. The van der Waals surface area contributed by atoms with E-state index in [0.29, 0.717) is 28.6 Å². The Bertz CT molecular complexity index is 921. The van der Waals surface area contributed by atoms with Crippen LogP contribution in [0.3, 0.4) is 0 Å². The summed E-state index contributed by atoms with van der Waals surface area (Å²) < 4.78 is 20.8. The van der Waals surface area contributed by atoms with Crippen LogP contribution in [0.4, 0.5) is 0 Å². The van der Waals surface area contributed by atoms with Crippen LogP contribution in [0.2, 0.25) is 0 Å². The van der Waals surface area contributed by atoms with Gasteiger partial charge in [-0.3, -0.25) is 4.79 Å². The summed E-state index contributed by atoms with van der Waals surface area (Å²) >= 11 is 0. The van der Waals surface area contributed by atoms with Gasteiger partial charge in [-0.1, -0.05) is 0 Å². The van der Waals surface area contributed by atoms with E-state index in [0.717, 1.165) is 0 Å². The number of nitrogens with one attached hydrogen (secondary N) is 2. The molecule has 0 radical (unpaired) electrons. The molecule has 1 aromatic carbocycles. The van der Waals surface area contributed by atoms with Gasteiger partial charge in [0.05, 0.1) is 33.0 Å². The summed E-state index contributed by atoms with van der Waals surface area (Å²) in [5.41, 5.74) is -1.04. The average molecular weight is 433 g/mol. The summed E-state index contributed by atoms with van der Waals surface area (Å²) in [6.45, 7) is 4.45. The number of aromatic nitrogens is 2. The molecule has 31 heavy (non-hydrogen) atoms. The minimum absolute atomic E-state index is 0.0226. The second-order valence-electron chi connectivity index (χ2n) is 6.53. The predicted octanol–water partition coefficient (Wildman–Crippen LogP) is 1.64. The number of carbonyl (C=O) groups excluding carboxylic acids is 3. The van der Waals surface area contributed by atoms with Crippen LogP contribution in [0.15, 0.2) is 24.4 Å². The standard InChI is InChI=1S/C21H27N3O7/c1-6-30-19(26)21(24-13(3)25,20(27)31-7-2)11-14-12-22-18(23-14)16-10-15(28-4)8-9-17(16)29-5/h8-10,12H,6-7,11H2,1-5H3,(H,22,23)(H,24,25). The minimum atomic E-state index is -2.06. The fourth-order valence-electron chi connectivity index (χ4n) is 3.05. The highest BCUT2D eigenvalue weighted by atomic mass is 16.6. The molecule has 0 fully saturated rings. The lowest BCUT2D eigenvalue weighted by Gasteiger charge is -2.29. The number of esters is 2. The minimum Gasteiger partial charge on any atom is -0.497 e. The van der Waals surface area contributed by atoms with E-state index >= 15 is 0 Å². The molecule has 0 bridgehead atoms. The Morgan fingerprint density at radius 1 is 1.06 bits per heavy atom. The van der Waals surface area contributed by atoms with E-state index in [4.69, 9.17) is 18.9 Å². The Morgan fingerprint density at radius 3 is 2.23 bits per heavy atom. The van der Waals surface area contributed by atoms with Crippen LogP contribution in [0, 0.1) is 0 Å². The molecule has 1 amide bonds. The zero-order valence-electron chi connectivity index (χ0n) is 18.2. The molecule has 0 saturated heterocycles. The molecule has 10 nitrogen and oxygen atoms in total. The van der Waals surface area contributed by atoms with Gasteiger partial charge in [0.25, 0.3) is 0 Å². The number of H-pyrrole nitrogens is 1.